The van der Waals surface area contributed by atoms with Crippen molar-refractivity contribution in [2.45, 2.75) is 25.4 Å². The van der Waals surface area contributed by atoms with E-state index in [2.05, 4.69) is 4.98 Å². The Bertz CT molecular complexity index is 827. The minimum absolute atomic E-state index is 0.0337. The van der Waals surface area contributed by atoms with E-state index in [9.17, 15) is 9.59 Å². The van der Waals surface area contributed by atoms with E-state index in [1.54, 1.807) is 30.5 Å². The van der Waals surface area contributed by atoms with Crippen molar-refractivity contribution in [3.05, 3.63) is 64.9 Å². The molecule has 134 valence electrons. The first-order chi connectivity index (χ1) is 12.6. The first-order valence-corrected chi connectivity index (χ1v) is 9.25. The highest BCUT2D eigenvalue weighted by Gasteiger charge is 2.42. The van der Waals surface area contributed by atoms with Gasteiger partial charge in [0.05, 0.1) is 18.2 Å². The molecule has 3 fully saturated rings. The predicted octanol–water partition coefficient (Wildman–Crippen LogP) is 3.00. The van der Waals surface area contributed by atoms with Gasteiger partial charge in [-0.3, -0.25) is 14.6 Å². The number of rotatable bonds is 3. The molecule has 3 saturated heterocycles. The summed E-state index contributed by atoms with van der Waals surface area (Å²) in [4.78, 5) is 33.9. The second-order valence-electron chi connectivity index (χ2n) is 6.94. The number of nitrogens with zero attached hydrogens (tertiary/aromatic N) is 3. The Balaban J connectivity index is 1.56. The summed E-state index contributed by atoms with van der Waals surface area (Å²) in [5.41, 5.74) is 1.45. The van der Waals surface area contributed by atoms with Gasteiger partial charge >= 0.3 is 0 Å². The van der Waals surface area contributed by atoms with E-state index in [1.165, 1.54) is 0 Å². The molecule has 5 nitrogen and oxygen atoms in total. The maximum atomic E-state index is 12.9. The normalized spacial score (nSPS) is 22.4. The smallest absolute Gasteiger partial charge is 0.253 e. The van der Waals surface area contributed by atoms with E-state index in [0.717, 1.165) is 18.5 Å². The van der Waals surface area contributed by atoms with Crippen LogP contribution in [0.5, 0.6) is 0 Å². The fourth-order valence-corrected chi connectivity index (χ4v) is 4.07. The number of aromatic nitrogens is 1. The monoisotopic (exact) mass is 369 g/mol. The molecule has 3 aliphatic heterocycles. The zero-order valence-corrected chi connectivity index (χ0v) is 15.1. The number of carbonyl (C=O) groups is 2. The highest BCUT2D eigenvalue weighted by Crippen LogP contribution is 2.31. The zero-order valence-electron chi connectivity index (χ0n) is 14.3. The minimum atomic E-state index is -0.138. The van der Waals surface area contributed by atoms with Crippen molar-refractivity contribution in [1.29, 1.82) is 0 Å². The third-order valence-corrected chi connectivity index (χ3v) is 5.45. The predicted molar refractivity (Wildman–Crippen MR) is 98.7 cm³/mol. The quantitative estimate of drug-likeness (QED) is 0.835. The van der Waals surface area contributed by atoms with Gasteiger partial charge < -0.3 is 9.80 Å². The van der Waals surface area contributed by atoms with E-state index < -0.39 is 0 Å². The van der Waals surface area contributed by atoms with Crippen LogP contribution in [0.1, 0.15) is 28.9 Å². The van der Waals surface area contributed by atoms with Crippen molar-refractivity contribution < 1.29 is 9.59 Å². The van der Waals surface area contributed by atoms with E-state index in [-0.39, 0.29) is 23.8 Å². The van der Waals surface area contributed by atoms with Gasteiger partial charge in [0.1, 0.15) is 0 Å². The molecule has 0 radical (unpaired) electrons. The van der Waals surface area contributed by atoms with Crippen molar-refractivity contribution in [1.82, 2.24) is 14.8 Å². The Kier molecular flexibility index (Phi) is 4.64. The second-order valence-corrected chi connectivity index (χ2v) is 7.37. The lowest BCUT2D eigenvalue weighted by molar-refractivity contribution is -0.140. The highest BCUT2D eigenvalue weighted by molar-refractivity contribution is 6.30. The van der Waals surface area contributed by atoms with E-state index >= 15 is 0 Å². The summed E-state index contributed by atoms with van der Waals surface area (Å²) in [6, 6.07) is 12.7. The first kappa shape index (κ1) is 17.0. The maximum absolute atomic E-state index is 12.9. The highest BCUT2D eigenvalue weighted by atomic mass is 35.5. The average molecular weight is 370 g/mol. The molecule has 2 atom stereocenters. The summed E-state index contributed by atoms with van der Waals surface area (Å²) in [6.45, 7) is 1.53. The lowest BCUT2D eigenvalue weighted by Crippen LogP contribution is -2.47. The molecule has 1 aromatic carbocycles. The van der Waals surface area contributed by atoms with Crippen molar-refractivity contribution in [3.63, 3.8) is 0 Å². The molecule has 2 amide bonds. The van der Waals surface area contributed by atoms with Crippen molar-refractivity contribution in [2.75, 3.05) is 13.1 Å². The van der Waals surface area contributed by atoms with E-state index in [4.69, 9.17) is 11.6 Å². The Hall–Kier alpha value is -2.40. The summed E-state index contributed by atoms with van der Waals surface area (Å²) in [5.74, 6) is -0.0641. The van der Waals surface area contributed by atoms with Gasteiger partial charge in [-0.1, -0.05) is 23.7 Å². The van der Waals surface area contributed by atoms with Crippen molar-refractivity contribution in [2.24, 2.45) is 5.92 Å². The van der Waals surface area contributed by atoms with Crippen LogP contribution in [0.2, 0.25) is 5.02 Å². The van der Waals surface area contributed by atoms with Gasteiger partial charge in [0.25, 0.3) is 5.91 Å². The summed E-state index contributed by atoms with van der Waals surface area (Å²) in [7, 11) is 0. The van der Waals surface area contributed by atoms with Gasteiger partial charge in [-0.15, -0.1) is 0 Å². The second kappa shape index (κ2) is 7.08. The van der Waals surface area contributed by atoms with Crippen LogP contribution in [0, 0.1) is 5.92 Å². The number of fused-ring (bicyclic) bond motifs is 4. The molecule has 4 heterocycles. The van der Waals surface area contributed by atoms with Crippen molar-refractivity contribution in [3.8, 4) is 0 Å². The molecule has 6 heteroatoms. The van der Waals surface area contributed by atoms with Crippen LogP contribution in [0.15, 0.2) is 48.7 Å². The van der Waals surface area contributed by atoms with Crippen LogP contribution in [-0.2, 0) is 11.3 Å². The van der Waals surface area contributed by atoms with E-state index in [0.29, 0.717) is 30.2 Å². The van der Waals surface area contributed by atoms with Crippen molar-refractivity contribution >= 4 is 23.4 Å². The summed E-state index contributed by atoms with van der Waals surface area (Å²) in [6.07, 6.45) is 3.50. The number of hydrogen-bond acceptors (Lipinski definition) is 3. The molecule has 0 aliphatic carbocycles. The molecule has 2 aromatic rings. The summed E-state index contributed by atoms with van der Waals surface area (Å²) in [5, 5.41) is 0.543. The fourth-order valence-electron chi connectivity index (χ4n) is 3.88. The molecular formula is C20H20ClN3O2. The standard InChI is InChI=1S/C20H20ClN3O2/c21-16-5-3-4-14(10-16)19(25)23-11-15-7-8-18(13-23)24(20(15)26)12-17-6-1-2-9-22-17/h1-6,9-10,15,18H,7-8,11-13H2/t15-,18+/m0/s1. The number of carbonyl (C=O) groups excluding carboxylic acids is 2. The van der Waals surface area contributed by atoms with Crippen LogP contribution < -0.4 is 0 Å². The Morgan fingerprint density at radius 1 is 1.15 bits per heavy atom. The molecule has 0 saturated carbocycles. The van der Waals surface area contributed by atoms with E-state index in [1.807, 2.05) is 28.0 Å². The molecule has 0 spiro atoms. The molecule has 2 bridgehead atoms. The Morgan fingerprint density at radius 2 is 2.04 bits per heavy atom. The van der Waals surface area contributed by atoms with Crippen LogP contribution in [-0.4, -0.2) is 45.7 Å². The molecule has 5 rings (SSSR count). The number of hydrogen-bond donors (Lipinski definition) is 0. The molecule has 3 aliphatic rings. The molecule has 0 unspecified atom stereocenters. The molecule has 26 heavy (non-hydrogen) atoms. The van der Waals surface area contributed by atoms with Gasteiger partial charge in [0.15, 0.2) is 0 Å². The third-order valence-electron chi connectivity index (χ3n) is 5.21. The number of halogens is 1. The average Bonchev–Trinajstić information content (AvgIpc) is 2.95. The van der Waals surface area contributed by atoms with Gasteiger partial charge in [0, 0.05) is 35.9 Å². The lowest BCUT2D eigenvalue weighted by Gasteiger charge is -2.35. The molecule has 0 N–H and O–H groups in total. The maximum Gasteiger partial charge on any atom is 0.253 e. The molecule has 1 aromatic heterocycles. The van der Waals surface area contributed by atoms with Crippen LogP contribution in [0.3, 0.4) is 0 Å². The first-order valence-electron chi connectivity index (χ1n) is 8.87. The van der Waals surface area contributed by atoms with Crippen LogP contribution in [0.25, 0.3) is 0 Å². The topological polar surface area (TPSA) is 53.5 Å². The minimum Gasteiger partial charge on any atom is -0.336 e. The van der Waals surface area contributed by atoms with Gasteiger partial charge in [-0.2, -0.15) is 0 Å². The zero-order chi connectivity index (χ0) is 18.1. The van der Waals surface area contributed by atoms with Gasteiger partial charge in [-0.25, -0.2) is 0 Å². The van der Waals surface area contributed by atoms with Crippen LogP contribution in [0.4, 0.5) is 0 Å². The Morgan fingerprint density at radius 3 is 2.81 bits per heavy atom. The lowest BCUT2D eigenvalue weighted by atomic mass is 9.94. The summed E-state index contributed by atoms with van der Waals surface area (Å²) >= 11 is 6.03. The van der Waals surface area contributed by atoms with Gasteiger partial charge in [0.2, 0.25) is 5.91 Å². The summed E-state index contributed by atoms with van der Waals surface area (Å²) < 4.78 is 0. The Labute approximate surface area is 157 Å². The largest absolute Gasteiger partial charge is 0.336 e. The number of piperidine rings is 1. The number of amides is 2. The fraction of sp³-hybridized carbons (Fsp3) is 0.350. The van der Waals surface area contributed by atoms with Gasteiger partial charge in [-0.05, 0) is 43.2 Å². The third kappa shape index (κ3) is 3.31. The SMILES string of the molecule is O=C(c1cccc(Cl)c1)N1C[C@@H]2CC[C@H](C1)N(Cc1ccccn1)C2=O. The molecular weight excluding hydrogens is 350 g/mol. The number of benzene rings is 1. The number of pyridine rings is 1. The van der Waals surface area contributed by atoms with Crippen LogP contribution >= 0.6 is 11.6 Å².